The Labute approximate surface area is 116 Å². The van der Waals surface area contributed by atoms with E-state index in [0.717, 1.165) is 0 Å². The number of hydrogen-bond donors (Lipinski definition) is 1. The van der Waals surface area contributed by atoms with Gasteiger partial charge in [0.05, 0.1) is 0 Å². The Morgan fingerprint density at radius 3 is 1.90 bits per heavy atom. The molecule has 20 heavy (non-hydrogen) atoms. The van der Waals surface area contributed by atoms with Gasteiger partial charge in [0.1, 0.15) is 5.52 Å². The van der Waals surface area contributed by atoms with Crippen LogP contribution in [0, 0.1) is 13.8 Å². The lowest BCUT2D eigenvalue weighted by molar-refractivity contribution is -0.195. The Hall–Kier alpha value is -1.42. The topological polar surface area (TPSA) is 60.2 Å². The van der Waals surface area contributed by atoms with Crippen molar-refractivity contribution in [2.24, 2.45) is 5.73 Å². The van der Waals surface area contributed by atoms with Crippen LogP contribution >= 0.6 is 9.24 Å². The smallest absolute Gasteiger partial charge is 0.369 e. The molecule has 1 aromatic rings. The van der Waals surface area contributed by atoms with Crippen LogP contribution in [0.1, 0.15) is 23.1 Å². The third-order valence-corrected chi connectivity index (χ3v) is 3.26. The molecule has 0 aliphatic rings. The molecule has 2 atom stereocenters. The summed E-state index contributed by atoms with van der Waals surface area (Å²) in [7, 11) is 1.65. The molecule has 2 unspecified atom stereocenters. The van der Waals surface area contributed by atoms with Crippen molar-refractivity contribution < 1.29 is 22.8 Å². The summed E-state index contributed by atoms with van der Waals surface area (Å²) in [4.78, 5) is 22.8. The van der Waals surface area contributed by atoms with E-state index in [1.54, 1.807) is 29.2 Å². The summed E-state index contributed by atoms with van der Waals surface area (Å²) < 4.78 is 40.4. The second-order valence-electron chi connectivity index (χ2n) is 4.79. The van der Waals surface area contributed by atoms with E-state index in [1.165, 1.54) is 12.1 Å². The van der Waals surface area contributed by atoms with Crippen LogP contribution in [0.25, 0.3) is 0 Å². The van der Waals surface area contributed by atoms with Crippen LogP contribution in [0.5, 0.6) is 0 Å². The number of rotatable bonds is 4. The first-order valence-corrected chi connectivity index (χ1v) is 6.32. The lowest BCUT2D eigenvalue weighted by Gasteiger charge is -2.32. The van der Waals surface area contributed by atoms with Gasteiger partial charge in [-0.05, 0) is 19.4 Å². The molecule has 1 amide bonds. The van der Waals surface area contributed by atoms with Crippen molar-refractivity contribution in [3.8, 4) is 0 Å². The molecule has 0 fully saturated rings. The SMILES string of the molecule is Cc1cc(C)cc(C(CC(=O)P)(C(N)=O)C(F)(F)F)c1. The maximum absolute atomic E-state index is 13.5. The van der Waals surface area contributed by atoms with E-state index in [9.17, 15) is 22.8 Å². The molecule has 0 saturated heterocycles. The standard InChI is InChI=1S/C13H15F3NO2P/c1-7-3-8(2)5-9(4-7)12(11(17)19,6-10(18)20)13(14,15)16/h3-5H,6,20H2,1-2H3,(H2,17,19). The highest BCUT2D eigenvalue weighted by molar-refractivity contribution is 7.40. The number of carbonyl (C=O) groups is 2. The van der Waals surface area contributed by atoms with Gasteiger partial charge in [-0.25, -0.2) is 0 Å². The number of amides is 1. The summed E-state index contributed by atoms with van der Waals surface area (Å²) in [6.45, 7) is 3.22. The van der Waals surface area contributed by atoms with Crippen LogP contribution in [0.2, 0.25) is 0 Å². The summed E-state index contributed by atoms with van der Waals surface area (Å²) in [5.74, 6) is -1.58. The van der Waals surface area contributed by atoms with Crippen molar-refractivity contribution in [2.75, 3.05) is 0 Å². The van der Waals surface area contributed by atoms with Gasteiger partial charge >= 0.3 is 6.18 Å². The van der Waals surface area contributed by atoms with Gasteiger partial charge in [-0.3, -0.25) is 9.59 Å². The third kappa shape index (κ3) is 3.01. The average Bonchev–Trinajstić information content (AvgIpc) is 2.21. The third-order valence-electron chi connectivity index (χ3n) is 3.06. The fourth-order valence-electron chi connectivity index (χ4n) is 2.22. The molecule has 1 aromatic carbocycles. The zero-order valence-electron chi connectivity index (χ0n) is 11.0. The zero-order valence-corrected chi connectivity index (χ0v) is 12.2. The van der Waals surface area contributed by atoms with Gasteiger partial charge in [-0.15, -0.1) is 0 Å². The van der Waals surface area contributed by atoms with E-state index in [4.69, 9.17) is 5.73 Å². The largest absolute Gasteiger partial charge is 0.407 e. The van der Waals surface area contributed by atoms with Crippen LogP contribution in [-0.2, 0) is 15.0 Å². The summed E-state index contributed by atoms with van der Waals surface area (Å²) in [6.07, 6.45) is -5.98. The van der Waals surface area contributed by atoms with Crippen LogP contribution in [0.15, 0.2) is 18.2 Å². The van der Waals surface area contributed by atoms with Gasteiger partial charge in [-0.2, -0.15) is 13.2 Å². The van der Waals surface area contributed by atoms with Gasteiger partial charge < -0.3 is 5.73 Å². The lowest BCUT2D eigenvalue weighted by atomic mass is 9.75. The quantitative estimate of drug-likeness (QED) is 0.868. The summed E-state index contributed by atoms with van der Waals surface area (Å²) in [5.41, 5.74) is 2.01. The van der Waals surface area contributed by atoms with Crippen LogP contribution in [0.3, 0.4) is 0 Å². The Morgan fingerprint density at radius 1 is 1.15 bits per heavy atom. The molecule has 3 nitrogen and oxygen atoms in total. The first kappa shape index (κ1) is 16.6. The number of hydrogen-bond acceptors (Lipinski definition) is 2. The molecular weight excluding hydrogens is 290 g/mol. The number of halogens is 3. The molecule has 0 saturated carbocycles. The highest BCUT2D eigenvalue weighted by atomic mass is 31.0. The first-order chi connectivity index (χ1) is 9.00. The minimum atomic E-state index is -4.95. The monoisotopic (exact) mass is 305 g/mol. The molecule has 110 valence electrons. The predicted octanol–water partition coefficient (Wildman–Crippen LogP) is 2.38. The Bertz CT molecular complexity index is 537. The average molecular weight is 305 g/mol. The number of nitrogens with two attached hydrogens (primary N) is 1. The predicted molar refractivity (Wildman–Crippen MR) is 72.2 cm³/mol. The van der Waals surface area contributed by atoms with E-state index in [2.05, 4.69) is 0 Å². The second-order valence-corrected chi connectivity index (χ2v) is 5.43. The molecule has 0 radical (unpaired) electrons. The molecule has 0 heterocycles. The summed E-state index contributed by atoms with van der Waals surface area (Å²) in [5, 5.41) is 0. The highest BCUT2D eigenvalue weighted by Crippen LogP contribution is 2.45. The Balaban J connectivity index is 3.66. The molecule has 0 aromatic heterocycles. The van der Waals surface area contributed by atoms with Crippen molar-refractivity contribution >= 4 is 20.7 Å². The van der Waals surface area contributed by atoms with E-state index in [0.29, 0.717) is 11.1 Å². The van der Waals surface area contributed by atoms with Gasteiger partial charge in [-0.1, -0.05) is 38.6 Å². The van der Waals surface area contributed by atoms with E-state index < -0.39 is 29.4 Å². The van der Waals surface area contributed by atoms with Crippen molar-refractivity contribution in [1.82, 2.24) is 0 Å². The van der Waals surface area contributed by atoms with Crippen molar-refractivity contribution in [3.63, 3.8) is 0 Å². The number of carbonyl (C=O) groups excluding carboxylic acids is 2. The lowest BCUT2D eigenvalue weighted by Crippen LogP contribution is -2.53. The molecule has 2 N–H and O–H groups in total. The van der Waals surface area contributed by atoms with E-state index >= 15 is 0 Å². The molecule has 7 heteroatoms. The number of benzene rings is 1. The van der Waals surface area contributed by atoms with Gasteiger partial charge in [0.15, 0.2) is 5.41 Å². The first-order valence-electron chi connectivity index (χ1n) is 5.74. The number of aryl methyl sites for hydroxylation is 2. The highest BCUT2D eigenvalue weighted by Gasteiger charge is 2.61. The molecule has 1 rings (SSSR count). The summed E-state index contributed by atoms with van der Waals surface area (Å²) >= 11 is 0. The fraction of sp³-hybridized carbons (Fsp3) is 0.385. The fourth-order valence-corrected chi connectivity index (χ4v) is 2.52. The van der Waals surface area contributed by atoms with Crippen molar-refractivity contribution in [1.29, 1.82) is 0 Å². The molecular formula is C13H15F3NO2P. The van der Waals surface area contributed by atoms with Gasteiger partial charge in [0.25, 0.3) is 0 Å². The molecule has 0 aliphatic heterocycles. The van der Waals surface area contributed by atoms with Gasteiger partial charge in [0, 0.05) is 6.42 Å². The Morgan fingerprint density at radius 2 is 1.60 bits per heavy atom. The van der Waals surface area contributed by atoms with Gasteiger partial charge in [0.2, 0.25) is 5.91 Å². The number of primary amides is 1. The van der Waals surface area contributed by atoms with E-state index in [1.807, 2.05) is 0 Å². The molecule has 0 spiro atoms. The summed E-state index contributed by atoms with van der Waals surface area (Å²) in [6, 6.07) is 4.14. The molecule has 0 aliphatic carbocycles. The Kier molecular flexibility index (Phi) is 4.59. The molecule has 0 bridgehead atoms. The second kappa shape index (κ2) is 5.52. The van der Waals surface area contributed by atoms with Crippen LogP contribution < -0.4 is 5.73 Å². The normalized spacial score (nSPS) is 14.7. The maximum atomic E-state index is 13.5. The number of alkyl halides is 3. The van der Waals surface area contributed by atoms with Crippen LogP contribution in [0.4, 0.5) is 13.2 Å². The minimum absolute atomic E-state index is 0.300. The van der Waals surface area contributed by atoms with Crippen molar-refractivity contribution in [3.05, 3.63) is 34.9 Å². The van der Waals surface area contributed by atoms with E-state index in [-0.39, 0.29) is 5.56 Å². The van der Waals surface area contributed by atoms with Crippen LogP contribution in [-0.4, -0.2) is 17.6 Å². The zero-order chi connectivity index (χ0) is 15.7. The maximum Gasteiger partial charge on any atom is 0.407 e. The van der Waals surface area contributed by atoms with Crippen molar-refractivity contribution in [2.45, 2.75) is 31.9 Å². The minimum Gasteiger partial charge on any atom is -0.369 e.